The lowest BCUT2D eigenvalue weighted by molar-refractivity contribution is 0.0875. The Balaban J connectivity index is 1.18. The maximum absolute atomic E-state index is 13.1. The second-order valence-corrected chi connectivity index (χ2v) is 7.63. The summed E-state index contributed by atoms with van der Waals surface area (Å²) in [5, 5.41) is 8.35. The van der Waals surface area contributed by atoms with E-state index in [-0.39, 0.29) is 11.9 Å². The van der Waals surface area contributed by atoms with Crippen molar-refractivity contribution in [3.63, 3.8) is 0 Å². The van der Waals surface area contributed by atoms with Crippen LogP contribution >= 0.6 is 0 Å². The Bertz CT molecular complexity index is 1020. The number of ether oxygens (including phenoxy) is 2. The van der Waals surface area contributed by atoms with Gasteiger partial charge in [0.15, 0.2) is 11.5 Å². The largest absolute Gasteiger partial charge is 0.454 e. The molecule has 2 aromatic carbocycles. The topological polar surface area (TPSA) is 63.9 Å². The lowest BCUT2D eigenvalue weighted by Gasteiger charge is -2.36. The van der Waals surface area contributed by atoms with E-state index in [1.165, 1.54) is 17.7 Å². The highest BCUT2D eigenvalue weighted by molar-refractivity contribution is 5.52. The van der Waals surface area contributed by atoms with Crippen LogP contribution in [0.2, 0.25) is 0 Å². The van der Waals surface area contributed by atoms with Crippen molar-refractivity contribution in [2.24, 2.45) is 0 Å². The van der Waals surface area contributed by atoms with Crippen molar-refractivity contribution in [3.8, 4) is 23.0 Å². The first kappa shape index (κ1) is 19.0. The fourth-order valence-corrected chi connectivity index (χ4v) is 3.87. The molecule has 2 aliphatic heterocycles. The van der Waals surface area contributed by atoms with E-state index in [9.17, 15) is 4.39 Å². The third kappa shape index (κ3) is 3.88. The van der Waals surface area contributed by atoms with Gasteiger partial charge in [-0.25, -0.2) is 4.39 Å². The number of nitrogens with zero attached hydrogens (tertiary/aromatic N) is 4. The second kappa shape index (κ2) is 8.04. The zero-order valence-electron chi connectivity index (χ0n) is 16.8. The minimum absolute atomic E-state index is 0.0272. The van der Waals surface area contributed by atoms with Gasteiger partial charge in [-0.1, -0.05) is 6.07 Å². The van der Waals surface area contributed by atoms with Crippen molar-refractivity contribution in [2.75, 3.05) is 33.0 Å². The molecule has 5 rings (SSSR count). The first-order valence-corrected chi connectivity index (χ1v) is 10.1. The highest BCUT2D eigenvalue weighted by Gasteiger charge is 2.26. The number of benzene rings is 2. The van der Waals surface area contributed by atoms with Crippen LogP contribution in [-0.2, 0) is 6.54 Å². The summed E-state index contributed by atoms with van der Waals surface area (Å²) in [5.41, 5.74) is 1.94. The molecule has 0 bridgehead atoms. The van der Waals surface area contributed by atoms with E-state index in [0.29, 0.717) is 18.6 Å². The van der Waals surface area contributed by atoms with E-state index in [4.69, 9.17) is 13.9 Å². The van der Waals surface area contributed by atoms with E-state index < -0.39 is 0 Å². The third-order valence-electron chi connectivity index (χ3n) is 5.69. The van der Waals surface area contributed by atoms with Gasteiger partial charge in [-0.2, -0.15) is 0 Å². The van der Waals surface area contributed by atoms with Crippen molar-refractivity contribution >= 4 is 0 Å². The monoisotopic (exact) mass is 410 g/mol. The molecular weight excluding hydrogens is 387 g/mol. The summed E-state index contributed by atoms with van der Waals surface area (Å²) in [6.07, 6.45) is 0. The molecule has 1 saturated heterocycles. The SMILES string of the molecule is C[C@H](c1nnc(-c2ccc(F)cc2)o1)N1CCN(Cc2ccc3c(c2)OCO3)CC1. The number of piperazine rings is 1. The fourth-order valence-electron chi connectivity index (χ4n) is 3.87. The number of aromatic nitrogens is 2. The number of rotatable bonds is 5. The minimum atomic E-state index is -0.287. The standard InChI is InChI=1S/C22H23FN4O3/c1-15(21-24-25-22(30-21)17-3-5-18(23)6-4-17)27-10-8-26(9-11-27)13-16-2-7-19-20(12-16)29-14-28-19/h2-7,12,15H,8-11,13-14H2,1H3/t15-/m1/s1. The van der Waals surface area contributed by atoms with Crippen LogP contribution in [0.3, 0.4) is 0 Å². The quantitative estimate of drug-likeness (QED) is 0.638. The molecule has 7 nitrogen and oxygen atoms in total. The molecule has 156 valence electrons. The summed E-state index contributed by atoms with van der Waals surface area (Å²) in [7, 11) is 0. The molecule has 0 aliphatic carbocycles. The number of fused-ring (bicyclic) bond motifs is 1. The minimum Gasteiger partial charge on any atom is -0.454 e. The lowest BCUT2D eigenvalue weighted by Crippen LogP contribution is -2.46. The van der Waals surface area contributed by atoms with Crippen molar-refractivity contribution in [1.82, 2.24) is 20.0 Å². The summed E-state index contributed by atoms with van der Waals surface area (Å²) >= 11 is 0. The second-order valence-electron chi connectivity index (χ2n) is 7.63. The molecule has 1 atom stereocenters. The summed E-state index contributed by atoms with van der Waals surface area (Å²) in [6, 6.07) is 12.2. The molecule has 0 amide bonds. The lowest BCUT2D eigenvalue weighted by atomic mass is 10.1. The van der Waals surface area contributed by atoms with E-state index in [2.05, 4.69) is 39.1 Å². The Kier molecular flexibility index (Phi) is 5.10. The molecule has 8 heteroatoms. The van der Waals surface area contributed by atoms with Gasteiger partial charge in [0.05, 0.1) is 6.04 Å². The first-order chi connectivity index (χ1) is 14.7. The number of halogens is 1. The van der Waals surface area contributed by atoms with Crippen LogP contribution in [-0.4, -0.2) is 53.0 Å². The van der Waals surface area contributed by atoms with Crippen molar-refractivity contribution < 1.29 is 18.3 Å². The maximum atomic E-state index is 13.1. The van der Waals surface area contributed by atoms with Gasteiger partial charge in [-0.05, 0) is 48.9 Å². The summed E-state index contributed by atoms with van der Waals surface area (Å²) in [6.45, 7) is 7.01. The van der Waals surface area contributed by atoms with Crippen LogP contribution in [0.4, 0.5) is 4.39 Å². The van der Waals surface area contributed by atoms with Crippen LogP contribution in [0, 0.1) is 5.82 Å². The molecule has 30 heavy (non-hydrogen) atoms. The molecule has 3 aromatic rings. The normalized spacial score (nSPS) is 17.9. The maximum Gasteiger partial charge on any atom is 0.247 e. The highest BCUT2D eigenvalue weighted by atomic mass is 19.1. The van der Waals surface area contributed by atoms with E-state index in [0.717, 1.165) is 49.8 Å². The first-order valence-electron chi connectivity index (χ1n) is 10.1. The van der Waals surface area contributed by atoms with Crippen LogP contribution in [0.25, 0.3) is 11.5 Å². The van der Waals surface area contributed by atoms with Gasteiger partial charge in [0.25, 0.3) is 0 Å². The van der Waals surface area contributed by atoms with Crippen LogP contribution in [0.15, 0.2) is 46.9 Å². The Hall–Kier alpha value is -2.97. The highest BCUT2D eigenvalue weighted by Crippen LogP contribution is 2.33. The number of hydrogen-bond acceptors (Lipinski definition) is 7. The third-order valence-corrected chi connectivity index (χ3v) is 5.69. The Morgan fingerprint density at radius 2 is 1.73 bits per heavy atom. The molecule has 0 N–H and O–H groups in total. The summed E-state index contributed by atoms with van der Waals surface area (Å²) in [5.74, 6) is 2.35. The van der Waals surface area contributed by atoms with Gasteiger partial charge in [0.1, 0.15) is 5.82 Å². The van der Waals surface area contributed by atoms with Gasteiger partial charge < -0.3 is 13.9 Å². The molecule has 1 fully saturated rings. The smallest absolute Gasteiger partial charge is 0.247 e. The zero-order valence-corrected chi connectivity index (χ0v) is 16.8. The molecule has 2 aliphatic rings. The molecule has 0 spiro atoms. The molecule has 0 unspecified atom stereocenters. The van der Waals surface area contributed by atoms with Gasteiger partial charge in [-0.15, -0.1) is 10.2 Å². The van der Waals surface area contributed by atoms with Crippen LogP contribution in [0.5, 0.6) is 11.5 Å². The average molecular weight is 410 g/mol. The van der Waals surface area contributed by atoms with E-state index in [1.54, 1.807) is 12.1 Å². The van der Waals surface area contributed by atoms with E-state index in [1.807, 2.05) is 6.07 Å². The van der Waals surface area contributed by atoms with Crippen molar-refractivity contribution in [3.05, 3.63) is 59.7 Å². The average Bonchev–Trinajstić information content (AvgIpc) is 3.44. The molecule has 1 aromatic heterocycles. The van der Waals surface area contributed by atoms with Crippen molar-refractivity contribution in [1.29, 1.82) is 0 Å². The molecule has 3 heterocycles. The van der Waals surface area contributed by atoms with Gasteiger partial charge in [-0.3, -0.25) is 9.80 Å². The molecular formula is C22H23FN4O3. The summed E-state index contributed by atoms with van der Waals surface area (Å²) in [4.78, 5) is 4.77. The van der Waals surface area contributed by atoms with Crippen molar-refractivity contribution in [2.45, 2.75) is 19.5 Å². The van der Waals surface area contributed by atoms with Gasteiger partial charge >= 0.3 is 0 Å². The zero-order chi connectivity index (χ0) is 20.5. The summed E-state index contributed by atoms with van der Waals surface area (Å²) < 4.78 is 29.8. The van der Waals surface area contributed by atoms with Crippen LogP contribution in [0.1, 0.15) is 24.4 Å². The van der Waals surface area contributed by atoms with Crippen LogP contribution < -0.4 is 9.47 Å². The molecule has 0 saturated carbocycles. The fraction of sp³-hybridized carbons (Fsp3) is 0.364. The Labute approximate surface area is 174 Å². The number of hydrogen-bond donors (Lipinski definition) is 0. The predicted molar refractivity (Wildman–Crippen MR) is 108 cm³/mol. The predicted octanol–water partition coefficient (Wildman–Crippen LogP) is 3.48. The van der Waals surface area contributed by atoms with E-state index >= 15 is 0 Å². The Morgan fingerprint density at radius 3 is 2.53 bits per heavy atom. The van der Waals surface area contributed by atoms with Gasteiger partial charge in [0.2, 0.25) is 18.6 Å². The Morgan fingerprint density at radius 1 is 0.967 bits per heavy atom. The molecule has 0 radical (unpaired) electrons. The van der Waals surface area contributed by atoms with Gasteiger partial charge in [0, 0.05) is 38.3 Å².